The van der Waals surface area contributed by atoms with Crippen LogP contribution in [-0.4, -0.2) is 59.0 Å². The van der Waals surface area contributed by atoms with Gasteiger partial charge >= 0.3 is 0 Å². The Bertz CT molecular complexity index is 531. The van der Waals surface area contributed by atoms with Crippen LogP contribution in [0.15, 0.2) is 0 Å². The van der Waals surface area contributed by atoms with E-state index in [1.54, 1.807) is 0 Å². The van der Waals surface area contributed by atoms with Crippen LogP contribution >= 0.6 is 0 Å². The number of nitrogens with one attached hydrogen (secondary N) is 1. The van der Waals surface area contributed by atoms with E-state index in [0.29, 0.717) is 18.6 Å². The highest BCUT2D eigenvalue weighted by atomic mass is 16.5. The number of amides is 1. The lowest BCUT2D eigenvalue weighted by Crippen LogP contribution is -2.46. The minimum atomic E-state index is 0.0768. The first-order valence-corrected chi connectivity index (χ1v) is 8.50. The smallest absolute Gasteiger partial charge is 0.224 e. The predicted octanol–water partition coefficient (Wildman–Crippen LogP) is 1.19. The Morgan fingerprint density at radius 2 is 1.96 bits per heavy atom. The van der Waals surface area contributed by atoms with E-state index in [1.165, 1.54) is 0 Å². The number of carbonyl (C=O) groups excluding carboxylic acids is 1. The van der Waals surface area contributed by atoms with Gasteiger partial charge in [0.05, 0.1) is 24.3 Å². The largest absolute Gasteiger partial charge is 0.373 e. The van der Waals surface area contributed by atoms with Crippen molar-refractivity contribution < 1.29 is 9.53 Å². The molecule has 1 fully saturated rings. The van der Waals surface area contributed by atoms with Gasteiger partial charge in [0.2, 0.25) is 5.91 Å². The minimum absolute atomic E-state index is 0.0768. The summed E-state index contributed by atoms with van der Waals surface area (Å²) in [5, 5.41) is 7.38. The van der Waals surface area contributed by atoms with Gasteiger partial charge in [-0.3, -0.25) is 14.4 Å². The lowest BCUT2D eigenvalue weighted by Gasteiger charge is -2.35. The monoisotopic (exact) mass is 322 g/mol. The topological polar surface area (TPSA) is 59.4 Å². The van der Waals surface area contributed by atoms with Crippen LogP contribution in [-0.2, 0) is 23.0 Å². The molecule has 0 bridgehead atoms. The van der Waals surface area contributed by atoms with Gasteiger partial charge in [0.15, 0.2) is 0 Å². The molecular weight excluding hydrogens is 292 g/mol. The fourth-order valence-corrected chi connectivity index (χ4v) is 3.29. The number of hydrogen-bond acceptors (Lipinski definition) is 4. The van der Waals surface area contributed by atoms with Crippen LogP contribution < -0.4 is 5.32 Å². The lowest BCUT2D eigenvalue weighted by molar-refractivity contribution is -0.120. The van der Waals surface area contributed by atoms with Gasteiger partial charge in [-0.1, -0.05) is 0 Å². The molecule has 2 rings (SSSR count). The Labute approximate surface area is 139 Å². The summed E-state index contributed by atoms with van der Waals surface area (Å²) in [6, 6.07) is 0. The van der Waals surface area contributed by atoms with Crippen molar-refractivity contribution in [2.75, 3.05) is 26.2 Å². The van der Waals surface area contributed by atoms with Crippen molar-refractivity contribution in [3.63, 3.8) is 0 Å². The zero-order valence-electron chi connectivity index (χ0n) is 15.1. The maximum absolute atomic E-state index is 12.1. The first kappa shape index (κ1) is 17.9. The molecule has 2 atom stereocenters. The van der Waals surface area contributed by atoms with E-state index in [2.05, 4.69) is 29.2 Å². The Morgan fingerprint density at radius 3 is 2.52 bits per heavy atom. The zero-order chi connectivity index (χ0) is 17.0. The molecular formula is C17H30N4O2. The van der Waals surface area contributed by atoms with Crippen LogP contribution in [0, 0.1) is 13.8 Å². The molecule has 1 aliphatic rings. The van der Waals surface area contributed by atoms with Crippen molar-refractivity contribution in [3.05, 3.63) is 17.0 Å². The highest BCUT2D eigenvalue weighted by Crippen LogP contribution is 2.12. The summed E-state index contributed by atoms with van der Waals surface area (Å²) >= 11 is 0. The maximum atomic E-state index is 12.1. The molecule has 130 valence electrons. The SMILES string of the molecule is Cc1nn(C)c(C)c1CC(=O)NCCCN1CC(C)OC(C)C1. The van der Waals surface area contributed by atoms with Gasteiger partial charge in [-0.15, -0.1) is 0 Å². The molecule has 1 amide bonds. The molecule has 0 aliphatic carbocycles. The molecule has 0 radical (unpaired) electrons. The number of hydrogen-bond donors (Lipinski definition) is 1. The molecule has 6 heteroatoms. The maximum Gasteiger partial charge on any atom is 0.224 e. The van der Waals surface area contributed by atoms with E-state index in [1.807, 2.05) is 25.6 Å². The van der Waals surface area contributed by atoms with Gasteiger partial charge in [-0.05, 0) is 34.1 Å². The molecule has 0 spiro atoms. The quantitative estimate of drug-likeness (QED) is 0.800. The van der Waals surface area contributed by atoms with Crippen molar-refractivity contribution in [1.29, 1.82) is 0 Å². The Morgan fingerprint density at radius 1 is 1.30 bits per heavy atom. The molecule has 2 heterocycles. The summed E-state index contributed by atoms with van der Waals surface area (Å²) in [5.74, 6) is 0.0768. The van der Waals surface area contributed by atoms with Gasteiger partial charge in [0.25, 0.3) is 0 Å². The van der Waals surface area contributed by atoms with E-state index in [4.69, 9.17) is 4.74 Å². The second kappa shape index (κ2) is 7.93. The third kappa shape index (κ3) is 5.04. The number of aryl methyl sites for hydroxylation is 2. The Hall–Kier alpha value is -1.40. The average Bonchev–Trinajstić information content (AvgIpc) is 2.69. The molecule has 2 unspecified atom stereocenters. The van der Waals surface area contributed by atoms with Gasteiger partial charge in [0, 0.05) is 44.5 Å². The summed E-state index contributed by atoms with van der Waals surface area (Å²) < 4.78 is 7.56. The second-order valence-corrected chi connectivity index (χ2v) is 6.67. The van der Waals surface area contributed by atoms with Crippen molar-refractivity contribution in [3.8, 4) is 0 Å². The summed E-state index contributed by atoms with van der Waals surface area (Å²) in [5.41, 5.74) is 3.05. The molecule has 1 aliphatic heterocycles. The van der Waals surface area contributed by atoms with Crippen LogP contribution in [0.25, 0.3) is 0 Å². The van der Waals surface area contributed by atoms with Crippen LogP contribution in [0.2, 0.25) is 0 Å². The second-order valence-electron chi connectivity index (χ2n) is 6.67. The van der Waals surface area contributed by atoms with Crippen molar-refractivity contribution in [2.24, 2.45) is 7.05 Å². The first-order valence-electron chi connectivity index (χ1n) is 8.50. The third-order valence-corrected chi connectivity index (χ3v) is 4.46. The molecule has 6 nitrogen and oxygen atoms in total. The molecule has 0 saturated carbocycles. The predicted molar refractivity (Wildman–Crippen MR) is 90.5 cm³/mol. The van der Waals surface area contributed by atoms with Crippen molar-refractivity contribution >= 4 is 5.91 Å². The minimum Gasteiger partial charge on any atom is -0.373 e. The van der Waals surface area contributed by atoms with Crippen molar-refractivity contribution in [1.82, 2.24) is 20.0 Å². The highest BCUT2D eigenvalue weighted by Gasteiger charge is 2.21. The van der Waals surface area contributed by atoms with Crippen LogP contribution in [0.4, 0.5) is 0 Å². The fraction of sp³-hybridized carbons (Fsp3) is 0.765. The Balaban J connectivity index is 1.69. The standard InChI is InChI=1S/C17H30N4O2/c1-12-10-21(11-13(2)23-12)8-6-7-18-17(22)9-16-14(3)19-20(5)15(16)4/h12-13H,6-11H2,1-5H3,(H,18,22). The number of nitrogens with zero attached hydrogens (tertiary/aromatic N) is 3. The van der Waals surface area contributed by atoms with E-state index in [9.17, 15) is 4.79 Å². The number of morpholine rings is 1. The van der Waals surface area contributed by atoms with Gasteiger partial charge in [-0.25, -0.2) is 0 Å². The normalized spacial score (nSPS) is 22.3. The number of aromatic nitrogens is 2. The molecule has 1 aromatic rings. The van der Waals surface area contributed by atoms with Gasteiger partial charge < -0.3 is 10.1 Å². The van der Waals surface area contributed by atoms with E-state index in [-0.39, 0.29) is 5.91 Å². The summed E-state index contributed by atoms with van der Waals surface area (Å²) in [7, 11) is 1.91. The van der Waals surface area contributed by atoms with Gasteiger partial charge in [0.1, 0.15) is 0 Å². The summed E-state index contributed by atoms with van der Waals surface area (Å²) in [6.45, 7) is 11.9. The Kier molecular flexibility index (Phi) is 6.18. The summed E-state index contributed by atoms with van der Waals surface area (Å²) in [4.78, 5) is 14.5. The van der Waals surface area contributed by atoms with Gasteiger partial charge in [-0.2, -0.15) is 5.10 Å². The number of carbonyl (C=O) groups is 1. The number of rotatable bonds is 6. The highest BCUT2D eigenvalue weighted by molar-refractivity contribution is 5.79. The van der Waals surface area contributed by atoms with E-state index < -0.39 is 0 Å². The average molecular weight is 322 g/mol. The number of ether oxygens (including phenoxy) is 1. The molecule has 23 heavy (non-hydrogen) atoms. The third-order valence-electron chi connectivity index (χ3n) is 4.46. The lowest BCUT2D eigenvalue weighted by atomic mass is 10.1. The molecule has 1 aromatic heterocycles. The molecule has 0 aromatic carbocycles. The fourth-order valence-electron chi connectivity index (χ4n) is 3.29. The molecule has 1 saturated heterocycles. The van der Waals surface area contributed by atoms with Crippen LogP contribution in [0.3, 0.4) is 0 Å². The first-order chi connectivity index (χ1) is 10.9. The molecule has 1 N–H and O–H groups in total. The van der Waals surface area contributed by atoms with Crippen molar-refractivity contribution in [2.45, 2.75) is 52.7 Å². The zero-order valence-corrected chi connectivity index (χ0v) is 15.1. The van der Waals surface area contributed by atoms with E-state index in [0.717, 1.165) is 49.6 Å². The van der Waals surface area contributed by atoms with Crippen LogP contribution in [0.1, 0.15) is 37.2 Å². The summed E-state index contributed by atoms with van der Waals surface area (Å²) in [6.07, 6.45) is 1.97. The van der Waals surface area contributed by atoms with E-state index >= 15 is 0 Å². The van der Waals surface area contributed by atoms with Crippen LogP contribution in [0.5, 0.6) is 0 Å².